The van der Waals surface area contributed by atoms with Crippen LogP contribution in [-0.4, -0.2) is 43.0 Å². The Hall–Kier alpha value is -1.11. The molecular weight excluding hydrogens is 312 g/mol. The maximum absolute atomic E-state index is 12.5. The number of hydrogen-bond acceptors (Lipinski definition) is 4. The summed E-state index contributed by atoms with van der Waals surface area (Å²) in [4.78, 5) is 16.9. The van der Waals surface area contributed by atoms with Crippen LogP contribution in [0.3, 0.4) is 0 Å². The van der Waals surface area contributed by atoms with E-state index in [-0.39, 0.29) is 11.9 Å². The number of carbonyl (C=O) groups is 1. The molecule has 0 radical (unpaired) electrons. The molecule has 2 aliphatic heterocycles. The van der Waals surface area contributed by atoms with Crippen LogP contribution in [0.4, 0.5) is 4.79 Å². The summed E-state index contributed by atoms with van der Waals surface area (Å²) in [6, 6.07) is 4.26. The summed E-state index contributed by atoms with van der Waals surface area (Å²) >= 11 is 1.77. The van der Waals surface area contributed by atoms with E-state index in [0.29, 0.717) is 26.3 Å². The Balaban J connectivity index is 1.52. The molecule has 0 aromatic carbocycles. The summed E-state index contributed by atoms with van der Waals surface area (Å²) in [5.41, 5.74) is 0. The second-order valence-electron chi connectivity index (χ2n) is 6.38. The Morgan fingerprint density at radius 1 is 1.39 bits per heavy atom. The first-order valence-corrected chi connectivity index (χ1v) is 9.30. The minimum atomic E-state index is -0.525. The number of rotatable bonds is 4. The van der Waals surface area contributed by atoms with Crippen LogP contribution in [0.1, 0.15) is 36.4 Å². The average molecular weight is 338 g/mol. The van der Waals surface area contributed by atoms with Gasteiger partial charge in [0.15, 0.2) is 5.79 Å². The van der Waals surface area contributed by atoms with Crippen molar-refractivity contribution >= 4 is 17.4 Å². The smallest absolute Gasteiger partial charge is 0.317 e. The van der Waals surface area contributed by atoms with Crippen LogP contribution in [-0.2, 0) is 22.4 Å². The molecule has 23 heavy (non-hydrogen) atoms. The quantitative estimate of drug-likeness (QED) is 0.918. The largest absolute Gasteiger partial charge is 0.347 e. The number of piperidine rings is 1. The summed E-state index contributed by atoms with van der Waals surface area (Å²) in [5, 5.41) is 3.05. The predicted octanol–water partition coefficient (Wildman–Crippen LogP) is 3.00. The molecule has 1 atom stereocenters. The van der Waals surface area contributed by atoms with Crippen molar-refractivity contribution in [1.29, 1.82) is 0 Å². The van der Waals surface area contributed by atoms with Gasteiger partial charge in [-0.15, -0.1) is 11.3 Å². The van der Waals surface area contributed by atoms with Crippen LogP contribution in [0.15, 0.2) is 12.1 Å². The number of aryl methyl sites for hydroxylation is 1. The van der Waals surface area contributed by atoms with E-state index in [2.05, 4.69) is 24.4 Å². The third-order valence-corrected chi connectivity index (χ3v) is 6.02. The zero-order chi connectivity index (χ0) is 16.3. The fraction of sp³-hybridized carbons (Fsp3) is 0.706. The standard InChI is InChI=1S/C17H26N2O3S/c1-3-14-6-7-15(23-14)11-18-16(20)19-8-4-5-13(12-19)17(2)21-9-10-22-17/h6-7,13H,3-5,8-12H2,1-2H3,(H,18,20)/t13-/m0/s1. The molecule has 5 nitrogen and oxygen atoms in total. The minimum Gasteiger partial charge on any atom is -0.347 e. The first-order valence-electron chi connectivity index (χ1n) is 8.49. The topological polar surface area (TPSA) is 50.8 Å². The SMILES string of the molecule is CCc1ccc(CNC(=O)N2CCC[C@H](C3(C)OCCO3)C2)s1. The molecule has 2 fully saturated rings. The zero-order valence-corrected chi connectivity index (χ0v) is 14.8. The highest BCUT2D eigenvalue weighted by atomic mass is 32.1. The highest BCUT2D eigenvalue weighted by Gasteiger charge is 2.42. The number of urea groups is 1. The van der Waals surface area contributed by atoms with Gasteiger partial charge < -0.3 is 19.7 Å². The zero-order valence-electron chi connectivity index (χ0n) is 14.0. The van der Waals surface area contributed by atoms with Crippen LogP contribution in [0.25, 0.3) is 0 Å². The monoisotopic (exact) mass is 338 g/mol. The molecule has 1 aromatic heterocycles. The Morgan fingerprint density at radius 2 is 2.13 bits per heavy atom. The van der Waals surface area contributed by atoms with E-state index in [4.69, 9.17) is 9.47 Å². The van der Waals surface area contributed by atoms with Gasteiger partial charge in [-0.1, -0.05) is 6.92 Å². The molecule has 128 valence electrons. The van der Waals surface area contributed by atoms with Gasteiger partial charge in [0.05, 0.1) is 19.8 Å². The summed E-state index contributed by atoms with van der Waals surface area (Å²) in [5.74, 6) is -0.277. The van der Waals surface area contributed by atoms with Crippen molar-refractivity contribution in [1.82, 2.24) is 10.2 Å². The van der Waals surface area contributed by atoms with E-state index in [1.54, 1.807) is 11.3 Å². The van der Waals surface area contributed by atoms with Crippen molar-refractivity contribution in [3.63, 3.8) is 0 Å². The van der Waals surface area contributed by atoms with Crippen molar-refractivity contribution < 1.29 is 14.3 Å². The highest BCUT2D eigenvalue weighted by molar-refractivity contribution is 7.11. The molecule has 1 aromatic rings. The molecule has 6 heteroatoms. The van der Waals surface area contributed by atoms with Crippen LogP contribution >= 0.6 is 11.3 Å². The van der Waals surface area contributed by atoms with Crippen LogP contribution in [0, 0.1) is 5.92 Å². The normalized spacial score (nSPS) is 23.9. The molecule has 0 spiro atoms. The molecule has 1 N–H and O–H groups in total. The number of carbonyl (C=O) groups excluding carboxylic acids is 1. The van der Waals surface area contributed by atoms with Crippen molar-refractivity contribution in [3.8, 4) is 0 Å². The molecule has 0 bridgehead atoms. The summed E-state index contributed by atoms with van der Waals surface area (Å²) < 4.78 is 11.5. The lowest BCUT2D eigenvalue weighted by Crippen LogP contribution is -2.51. The first kappa shape index (κ1) is 16.7. The predicted molar refractivity (Wildman–Crippen MR) is 90.5 cm³/mol. The van der Waals surface area contributed by atoms with Gasteiger partial charge in [-0.05, 0) is 38.3 Å². The first-order chi connectivity index (χ1) is 11.1. The second-order valence-corrected chi connectivity index (χ2v) is 7.63. The summed E-state index contributed by atoms with van der Waals surface area (Å²) in [7, 11) is 0. The van der Waals surface area contributed by atoms with Crippen LogP contribution in [0.2, 0.25) is 0 Å². The second kappa shape index (κ2) is 7.20. The number of thiophene rings is 1. The summed E-state index contributed by atoms with van der Waals surface area (Å²) in [6.45, 7) is 7.57. The van der Waals surface area contributed by atoms with Gasteiger partial charge in [-0.25, -0.2) is 4.79 Å². The van der Waals surface area contributed by atoms with E-state index in [9.17, 15) is 4.79 Å². The van der Waals surface area contributed by atoms with Crippen LogP contribution < -0.4 is 5.32 Å². The lowest BCUT2D eigenvalue weighted by molar-refractivity contribution is -0.189. The Bertz CT molecular complexity index is 540. The van der Waals surface area contributed by atoms with E-state index in [1.165, 1.54) is 9.75 Å². The van der Waals surface area contributed by atoms with Crippen molar-refractivity contribution in [2.45, 2.75) is 45.4 Å². The Kier molecular flexibility index (Phi) is 5.24. The van der Waals surface area contributed by atoms with E-state index in [1.807, 2.05) is 11.8 Å². The van der Waals surface area contributed by atoms with Gasteiger partial charge in [-0.2, -0.15) is 0 Å². The lowest BCUT2D eigenvalue weighted by Gasteiger charge is -2.39. The molecule has 2 aliphatic rings. The van der Waals surface area contributed by atoms with Gasteiger partial charge in [0.25, 0.3) is 0 Å². The Labute approximate surface area is 142 Å². The third kappa shape index (κ3) is 3.87. The molecule has 2 saturated heterocycles. The van der Waals surface area contributed by atoms with Gasteiger partial charge in [-0.3, -0.25) is 0 Å². The summed E-state index contributed by atoms with van der Waals surface area (Å²) in [6.07, 6.45) is 3.09. The van der Waals surface area contributed by atoms with Gasteiger partial charge in [0.2, 0.25) is 0 Å². The highest BCUT2D eigenvalue weighted by Crippen LogP contribution is 2.34. The molecular formula is C17H26N2O3S. The molecule has 0 saturated carbocycles. The van der Waals surface area contributed by atoms with Gasteiger partial charge >= 0.3 is 6.03 Å². The van der Waals surface area contributed by atoms with Crippen molar-refractivity contribution in [2.75, 3.05) is 26.3 Å². The van der Waals surface area contributed by atoms with E-state index < -0.39 is 5.79 Å². The fourth-order valence-electron chi connectivity index (χ4n) is 3.34. The molecule has 0 aliphatic carbocycles. The van der Waals surface area contributed by atoms with E-state index in [0.717, 1.165) is 25.8 Å². The average Bonchev–Trinajstić information content (AvgIpc) is 3.22. The molecule has 2 amide bonds. The van der Waals surface area contributed by atoms with Crippen LogP contribution in [0.5, 0.6) is 0 Å². The number of hydrogen-bond donors (Lipinski definition) is 1. The van der Waals surface area contributed by atoms with Crippen molar-refractivity contribution in [3.05, 3.63) is 21.9 Å². The maximum Gasteiger partial charge on any atom is 0.317 e. The molecule has 0 unspecified atom stereocenters. The molecule has 3 heterocycles. The van der Waals surface area contributed by atoms with Gasteiger partial charge in [0, 0.05) is 28.8 Å². The number of amides is 2. The fourth-order valence-corrected chi connectivity index (χ4v) is 4.24. The Morgan fingerprint density at radius 3 is 2.83 bits per heavy atom. The minimum absolute atomic E-state index is 0.0164. The number of nitrogens with zero attached hydrogens (tertiary/aromatic N) is 1. The van der Waals surface area contributed by atoms with E-state index >= 15 is 0 Å². The third-order valence-electron chi connectivity index (χ3n) is 4.79. The number of likely N-dealkylation sites (tertiary alicyclic amines) is 1. The number of nitrogens with one attached hydrogen (secondary N) is 1. The lowest BCUT2D eigenvalue weighted by atomic mass is 9.90. The van der Waals surface area contributed by atoms with Gasteiger partial charge in [0.1, 0.15) is 0 Å². The maximum atomic E-state index is 12.5. The van der Waals surface area contributed by atoms with Crippen molar-refractivity contribution in [2.24, 2.45) is 5.92 Å². The number of ether oxygens (including phenoxy) is 2. The molecule has 3 rings (SSSR count).